The maximum Gasteiger partial charge on any atom is 0.103 e. The van der Waals surface area contributed by atoms with Crippen LogP contribution in [0.2, 0.25) is 0 Å². The van der Waals surface area contributed by atoms with Crippen molar-refractivity contribution in [1.29, 1.82) is 0 Å². The maximum absolute atomic E-state index is 13.1. The summed E-state index contributed by atoms with van der Waals surface area (Å²) in [5.74, 6) is 0. The van der Waals surface area contributed by atoms with E-state index < -0.39 is 6.17 Å². The SMILES string of the molecule is CC(C)(C)c1ccc(N2CCC(F)CC2)cn1. The number of nitrogens with zero attached hydrogens (tertiary/aromatic N) is 2. The third-order valence-corrected chi connectivity index (χ3v) is 3.31. The van der Waals surface area contributed by atoms with Crippen molar-refractivity contribution >= 4 is 5.69 Å². The van der Waals surface area contributed by atoms with Gasteiger partial charge in [-0.05, 0) is 25.0 Å². The Bertz CT molecular complexity index is 359. The van der Waals surface area contributed by atoms with Gasteiger partial charge in [0.05, 0.1) is 11.9 Å². The molecular formula is C14H21FN2. The Morgan fingerprint density at radius 1 is 1.24 bits per heavy atom. The molecule has 2 nitrogen and oxygen atoms in total. The van der Waals surface area contributed by atoms with Crippen LogP contribution in [0.5, 0.6) is 0 Å². The molecule has 1 aromatic rings. The number of halogens is 1. The highest BCUT2D eigenvalue weighted by molar-refractivity contribution is 5.45. The Labute approximate surface area is 103 Å². The van der Waals surface area contributed by atoms with E-state index in [1.165, 1.54) is 0 Å². The van der Waals surface area contributed by atoms with Crippen LogP contribution in [0.4, 0.5) is 10.1 Å². The highest BCUT2D eigenvalue weighted by Crippen LogP contribution is 2.24. The van der Waals surface area contributed by atoms with E-state index in [2.05, 4.69) is 42.8 Å². The summed E-state index contributed by atoms with van der Waals surface area (Å²) in [5, 5.41) is 0. The Kier molecular flexibility index (Phi) is 3.36. The summed E-state index contributed by atoms with van der Waals surface area (Å²) < 4.78 is 13.1. The molecule has 0 atom stereocenters. The molecule has 1 aromatic heterocycles. The number of piperidine rings is 1. The molecule has 3 heteroatoms. The van der Waals surface area contributed by atoms with Crippen LogP contribution in [0.3, 0.4) is 0 Å². The Hall–Kier alpha value is -1.12. The first-order chi connectivity index (χ1) is 7.97. The number of anilines is 1. The fourth-order valence-electron chi connectivity index (χ4n) is 2.12. The Morgan fingerprint density at radius 2 is 1.88 bits per heavy atom. The van der Waals surface area contributed by atoms with Crippen molar-refractivity contribution in [1.82, 2.24) is 4.98 Å². The van der Waals surface area contributed by atoms with Crippen molar-refractivity contribution in [2.24, 2.45) is 0 Å². The molecule has 94 valence electrons. The summed E-state index contributed by atoms with van der Waals surface area (Å²) in [4.78, 5) is 6.73. The van der Waals surface area contributed by atoms with E-state index in [0.29, 0.717) is 12.8 Å². The molecule has 2 heterocycles. The molecule has 0 saturated carbocycles. The van der Waals surface area contributed by atoms with E-state index in [4.69, 9.17) is 0 Å². The molecule has 0 radical (unpaired) electrons. The lowest BCUT2D eigenvalue weighted by Crippen LogP contribution is -2.34. The van der Waals surface area contributed by atoms with E-state index in [0.717, 1.165) is 24.5 Å². The minimum absolute atomic E-state index is 0.0878. The van der Waals surface area contributed by atoms with Crippen LogP contribution >= 0.6 is 0 Å². The van der Waals surface area contributed by atoms with Crippen LogP contribution in [-0.4, -0.2) is 24.2 Å². The molecule has 0 aliphatic carbocycles. The predicted molar refractivity (Wildman–Crippen MR) is 69.3 cm³/mol. The van der Waals surface area contributed by atoms with Crippen molar-refractivity contribution < 1.29 is 4.39 Å². The second-order valence-electron chi connectivity index (χ2n) is 5.81. The number of alkyl halides is 1. The predicted octanol–water partition coefficient (Wildman–Crippen LogP) is 3.32. The van der Waals surface area contributed by atoms with Gasteiger partial charge in [-0.15, -0.1) is 0 Å². The van der Waals surface area contributed by atoms with E-state index in [-0.39, 0.29) is 5.41 Å². The smallest absolute Gasteiger partial charge is 0.103 e. The topological polar surface area (TPSA) is 16.1 Å². The summed E-state index contributed by atoms with van der Waals surface area (Å²) in [5.41, 5.74) is 2.30. The average Bonchev–Trinajstić information content (AvgIpc) is 2.29. The summed E-state index contributed by atoms with van der Waals surface area (Å²) >= 11 is 0. The molecule has 0 spiro atoms. The van der Waals surface area contributed by atoms with Gasteiger partial charge in [-0.1, -0.05) is 20.8 Å². The zero-order chi connectivity index (χ0) is 12.5. The molecule has 0 bridgehead atoms. The normalized spacial score (nSPS) is 18.5. The van der Waals surface area contributed by atoms with Crippen molar-refractivity contribution in [3.8, 4) is 0 Å². The maximum atomic E-state index is 13.1. The monoisotopic (exact) mass is 236 g/mol. The van der Waals surface area contributed by atoms with Gasteiger partial charge in [0.25, 0.3) is 0 Å². The molecule has 0 N–H and O–H groups in total. The number of hydrogen-bond acceptors (Lipinski definition) is 2. The molecule has 0 amide bonds. The van der Waals surface area contributed by atoms with Crippen LogP contribution in [0.25, 0.3) is 0 Å². The van der Waals surface area contributed by atoms with E-state index in [9.17, 15) is 4.39 Å². The number of rotatable bonds is 1. The van der Waals surface area contributed by atoms with Gasteiger partial charge >= 0.3 is 0 Å². The standard InChI is InChI=1S/C14H21FN2/c1-14(2,3)13-5-4-12(10-16-13)17-8-6-11(15)7-9-17/h4-5,10-11H,6-9H2,1-3H3. The van der Waals surface area contributed by atoms with Crippen molar-refractivity contribution in [3.63, 3.8) is 0 Å². The van der Waals surface area contributed by atoms with E-state index in [1.54, 1.807) is 0 Å². The summed E-state index contributed by atoms with van der Waals surface area (Å²) in [6.07, 6.45) is 2.58. The second-order valence-corrected chi connectivity index (χ2v) is 5.81. The zero-order valence-electron chi connectivity index (χ0n) is 10.9. The van der Waals surface area contributed by atoms with Gasteiger partial charge in [-0.2, -0.15) is 0 Å². The van der Waals surface area contributed by atoms with Crippen LogP contribution in [0, 0.1) is 0 Å². The molecule has 1 fully saturated rings. The lowest BCUT2D eigenvalue weighted by Gasteiger charge is -2.30. The zero-order valence-corrected chi connectivity index (χ0v) is 10.9. The molecule has 1 aliphatic heterocycles. The van der Waals surface area contributed by atoms with Gasteiger partial charge in [0.2, 0.25) is 0 Å². The van der Waals surface area contributed by atoms with Gasteiger partial charge in [-0.3, -0.25) is 4.98 Å². The first kappa shape index (κ1) is 12.3. The van der Waals surface area contributed by atoms with Gasteiger partial charge in [0.1, 0.15) is 6.17 Å². The molecule has 0 unspecified atom stereocenters. The quantitative estimate of drug-likeness (QED) is 0.743. The third kappa shape index (κ3) is 2.96. The van der Waals surface area contributed by atoms with Crippen molar-refractivity contribution in [2.45, 2.75) is 45.2 Å². The molecule has 1 saturated heterocycles. The van der Waals surface area contributed by atoms with Gasteiger partial charge in [0.15, 0.2) is 0 Å². The summed E-state index contributed by atoms with van der Waals surface area (Å²) in [6, 6.07) is 4.18. The second kappa shape index (κ2) is 4.63. The van der Waals surface area contributed by atoms with Gasteiger partial charge < -0.3 is 4.90 Å². The lowest BCUT2D eigenvalue weighted by molar-refractivity contribution is 0.277. The minimum Gasteiger partial charge on any atom is -0.370 e. The molecule has 1 aliphatic rings. The average molecular weight is 236 g/mol. The third-order valence-electron chi connectivity index (χ3n) is 3.31. The minimum atomic E-state index is -0.618. The van der Waals surface area contributed by atoms with Crippen LogP contribution in [0.1, 0.15) is 39.3 Å². The van der Waals surface area contributed by atoms with Crippen molar-refractivity contribution in [2.75, 3.05) is 18.0 Å². The fraction of sp³-hybridized carbons (Fsp3) is 0.643. The van der Waals surface area contributed by atoms with Gasteiger partial charge in [-0.25, -0.2) is 4.39 Å². The van der Waals surface area contributed by atoms with Crippen LogP contribution in [-0.2, 0) is 5.41 Å². The Balaban J connectivity index is 2.08. The molecule has 2 rings (SSSR count). The molecule has 17 heavy (non-hydrogen) atoms. The van der Waals surface area contributed by atoms with Crippen molar-refractivity contribution in [3.05, 3.63) is 24.0 Å². The van der Waals surface area contributed by atoms with Crippen LogP contribution in [0.15, 0.2) is 18.3 Å². The highest BCUT2D eigenvalue weighted by Gasteiger charge is 2.20. The van der Waals surface area contributed by atoms with Gasteiger partial charge in [0, 0.05) is 24.2 Å². The Morgan fingerprint density at radius 3 is 2.35 bits per heavy atom. The largest absolute Gasteiger partial charge is 0.370 e. The first-order valence-electron chi connectivity index (χ1n) is 6.32. The highest BCUT2D eigenvalue weighted by atomic mass is 19.1. The summed E-state index contributed by atoms with van der Waals surface area (Å²) in [7, 11) is 0. The first-order valence-corrected chi connectivity index (χ1v) is 6.32. The number of aromatic nitrogens is 1. The number of pyridine rings is 1. The molecule has 0 aromatic carbocycles. The van der Waals surface area contributed by atoms with E-state index >= 15 is 0 Å². The molecular weight excluding hydrogens is 215 g/mol. The fourth-order valence-corrected chi connectivity index (χ4v) is 2.12. The van der Waals surface area contributed by atoms with Crippen LogP contribution < -0.4 is 4.90 Å². The summed E-state index contributed by atoms with van der Waals surface area (Å²) in [6.45, 7) is 8.08. The number of hydrogen-bond donors (Lipinski definition) is 0. The lowest BCUT2D eigenvalue weighted by atomic mass is 9.91. The van der Waals surface area contributed by atoms with E-state index in [1.807, 2.05) is 6.20 Å².